The third-order valence-corrected chi connectivity index (χ3v) is 3.33. The molecule has 1 aromatic rings. The molecule has 1 aliphatic carbocycles. The minimum atomic E-state index is 0.463. The van der Waals surface area contributed by atoms with E-state index < -0.39 is 0 Å². The minimum Gasteiger partial charge on any atom is -0.489 e. The molecule has 16 heavy (non-hydrogen) atoms. The lowest BCUT2D eigenvalue weighted by Gasteiger charge is -2.16. The van der Waals surface area contributed by atoms with E-state index in [0.29, 0.717) is 12.5 Å². The molecule has 0 aromatic heterocycles. The molecule has 0 unspecified atom stereocenters. The minimum absolute atomic E-state index is 0.463. The predicted octanol–water partition coefficient (Wildman–Crippen LogP) is 3.74. The molecule has 0 heterocycles. The number of fused-ring (bicyclic) bond motifs is 1. The number of aryl methyl sites for hydroxylation is 2. The normalized spacial score (nSPS) is 14.3. The summed E-state index contributed by atoms with van der Waals surface area (Å²) in [6, 6.07) is 6.40. The van der Waals surface area contributed by atoms with Crippen molar-refractivity contribution < 1.29 is 4.74 Å². The van der Waals surface area contributed by atoms with Gasteiger partial charge in [-0.1, -0.05) is 12.6 Å². The first-order chi connectivity index (χ1) is 7.79. The monoisotopic (exact) mass is 236 g/mol. The van der Waals surface area contributed by atoms with Gasteiger partial charge in [0.25, 0.3) is 0 Å². The van der Waals surface area contributed by atoms with Gasteiger partial charge in [-0.25, -0.2) is 0 Å². The van der Waals surface area contributed by atoms with Crippen molar-refractivity contribution in [2.45, 2.75) is 25.7 Å². The van der Waals surface area contributed by atoms with Crippen LogP contribution in [0, 0.1) is 0 Å². The lowest BCUT2D eigenvalue weighted by atomic mass is 9.92. The Bertz CT molecular complexity index is 384. The SMILES string of the molecule is C=C(CCl)COc1ccc2c(c1)CCCC2. The van der Waals surface area contributed by atoms with Crippen LogP contribution in [0.15, 0.2) is 30.4 Å². The van der Waals surface area contributed by atoms with Crippen LogP contribution in [0.5, 0.6) is 5.75 Å². The number of hydrogen-bond acceptors (Lipinski definition) is 1. The summed E-state index contributed by atoms with van der Waals surface area (Å²) in [7, 11) is 0. The Balaban J connectivity index is 2.03. The maximum absolute atomic E-state index is 5.65. The summed E-state index contributed by atoms with van der Waals surface area (Å²) in [4.78, 5) is 0. The van der Waals surface area contributed by atoms with Gasteiger partial charge in [0.05, 0.1) is 0 Å². The summed E-state index contributed by atoms with van der Waals surface area (Å²) in [5.41, 5.74) is 3.84. The second-order valence-electron chi connectivity index (χ2n) is 4.31. The van der Waals surface area contributed by atoms with Gasteiger partial charge in [-0.05, 0) is 54.5 Å². The van der Waals surface area contributed by atoms with E-state index in [9.17, 15) is 0 Å². The molecule has 1 aromatic carbocycles. The van der Waals surface area contributed by atoms with Crippen molar-refractivity contribution in [2.75, 3.05) is 12.5 Å². The summed E-state index contributed by atoms with van der Waals surface area (Å²) in [5, 5.41) is 0. The van der Waals surface area contributed by atoms with Gasteiger partial charge in [-0.3, -0.25) is 0 Å². The number of alkyl halides is 1. The maximum Gasteiger partial charge on any atom is 0.120 e. The zero-order valence-electron chi connectivity index (χ0n) is 9.47. The van der Waals surface area contributed by atoms with Crippen molar-refractivity contribution in [3.05, 3.63) is 41.5 Å². The second-order valence-corrected chi connectivity index (χ2v) is 4.58. The van der Waals surface area contributed by atoms with Crippen molar-refractivity contribution in [3.63, 3.8) is 0 Å². The molecular formula is C14H17ClO. The molecule has 0 saturated carbocycles. The predicted molar refractivity (Wildman–Crippen MR) is 68.4 cm³/mol. The quantitative estimate of drug-likeness (QED) is 0.572. The smallest absolute Gasteiger partial charge is 0.120 e. The molecule has 2 heteroatoms. The Labute approximate surface area is 102 Å². The fourth-order valence-electron chi connectivity index (χ4n) is 2.02. The van der Waals surface area contributed by atoms with Crippen LogP contribution in [0.1, 0.15) is 24.0 Å². The van der Waals surface area contributed by atoms with Crippen molar-refractivity contribution >= 4 is 11.6 Å². The van der Waals surface area contributed by atoms with Crippen LogP contribution in [0.3, 0.4) is 0 Å². The van der Waals surface area contributed by atoms with Gasteiger partial charge < -0.3 is 4.74 Å². The van der Waals surface area contributed by atoms with Gasteiger partial charge >= 0.3 is 0 Å². The first kappa shape index (κ1) is 11.5. The number of hydrogen-bond donors (Lipinski definition) is 0. The molecule has 0 saturated heterocycles. The van der Waals surface area contributed by atoms with E-state index in [1.165, 1.54) is 36.8 Å². The first-order valence-corrected chi connectivity index (χ1v) is 6.30. The molecule has 0 aliphatic heterocycles. The van der Waals surface area contributed by atoms with Crippen molar-refractivity contribution in [3.8, 4) is 5.75 Å². The molecule has 0 amide bonds. The van der Waals surface area contributed by atoms with E-state index >= 15 is 0 Å². The van der Waals surface area contributed by atoms with Crippen LogP contribution in [-0.4, -0.2) is 12.5 Å². The largest absolute Gasteiger partial charge is 0.489 e. The lowest BCUT2D eigenvalue weighted by Crippen LogP contribution is -2.05. The fourth-order valence-corrected chi connectivity index (χ4v) is 2.10. The second kappa shape index (κ2) is 5.40. The summed E-state index contributed by atoms with van der Waals surface area (Å²) < 4.78 is 5.64. The number of benzene rings is 1. The van der Waals surface area contributed by atoms with Crippen molar-refractivity contribution in [1.29, 1.82) is 0 Å². The molecule has 1 aliphatic rings. The van der Waals surface area contributed by atoms with E-state index in [0.717, 1.165) is 11.3 Å². The third-order valence-electron chi connectivity index (χ3n) is 2.95. The molecule has 0 bridgehead atoms. The Hall–Kier alpha value is -0.950. The Morgan fingerprint density at radius 2 is 2.00 bits per heavy atom. The topological polar surface area (TPSA) is 9.23 Å². The zero-order chi connectivity index (χ0) is 11.4. The summed E-state index contributed by atoms with van der Waals surface area (Å²) in [6.45, 7) is 4.33. The van der Waals surface area contributed by atoms with E-state index in [1.807, 2.05) is 6.07 Å². The molecule has 2 rings (SSSR count). The highest BCUT2D eigenvalue weighted by molar-refractivity contribution is 6.19. The molecule has 1 nitrogen and oxygen atoms in total. The molecule has 0 N–H and O–H groups in total. The summed E-state index contributed by atoms with van der Waals surface area (Å²) in [5.74, 6) is 1.40. The van der Waals surface area contributed by atoms with Crippen LogP contribution < -0.4 is 4.74 Å². The molecule has 0 atom stereocenters. The van der Waals surface area contributed by atoms with Crippen molar-refractivity contribution in [1.82, 2.24) is 0 Å². The first-order valence-electron chi connectivity index (χ1n) is 5.77. The van der Waals surface area contributed by atoms with Crippen LogP contribution in [0.2, 0.25) is 0 Å². The average Bonchev–Trinajstić information content (AvgIpc) is 2.35. The van der Waals surface area contributed by atoms with E-state index in [-0.39, 0.29) is 0 Å². The van der Waals surface area contributed by atoms with Crippen LogP contribution in [0.4, 0.5) is 0 Å². The zero-order valence-corrected chi connectivity index (χ0v) is 10.2. The highest BCUT2D eigenvalue weighted by atomic mass is 35.5. The molecule has 86 valence electrons. The lowest BCUT2D eigenvalue weighted by molar-refractivity contribution is 0.352. The van der Waals surface area contributed by atoms with Crippen LogP contribution in [-0.2, 0) is 12.8 Å². The van der Waals surface area contributed by atoms with Gasteiger partial charge in [0.1, 0.15) is 12.4 Å². The third kappa shape index (κ3) is 2.79. The van der Waals surface area contributed by atoms with Crippen LogP contribution in [0.25, 0.3) is 0 Å². The van der Waals surface area contributed by atoms with E-state index in [1.54, 1.807) is 0 Å². The average molecular weight is 237 g/mol. The standard InChI is InChI=1S/C14H17ClO/c1-11(9-15)10-16-14-7-6-12-4-2-3-5-13(12)8-14/h6-8H,1-5,9-10H2. The van der Waals surface area contributed by atoms with Gasteiger partial charge in [0, 0.05) is 5.88 Å². The van der Waals surface area contributed by atoms with Crippen LogP contribution >= 0.6 is 11.6 Å². The van der Waals surface area contributed by atoms with E-state index in [2.05, 4.69) is 18.7 Å². The Kier molecular flexibility index (Phi) is 3.89. The molecule has 0 spiro atoms. The highest BCUT2D eigenvalue weighted by Gasteiger charge is 2.09. The maximum atomic E-state index is 5.65. The molecular weight excluding hydrogens is 220 g/mol. The van der Waals surface area contributed by atoms with Gasteiger partial charge in [-0.2, -0.15) is 0 Å². The number of ether oxygens (including phenoxy) is 1. The number of rotatable bonds is 4. The van der Waals surface area contributed by atoms with E-state index in [4.69, 9.17) is 16.3 Å². The summed E-state index contributed by atoms with van der Waals surface area (Å²) >= 11 is 5.65. The van der Waals surface area contributed by atoms with Gasteiger partial charge in [-0.15, -0.1) is 11.6 Å². The number of halogens is 1. The fraction of sp³-hybridized carbons (Fsp3) is 0.429. The van der Waals surface area contributed by atoms with Crippen molar-refractivity contribution in [2.24, 2.45) is 0 Å². The highest BCUT2D eigenvalue weighted by Crippen LogP contribution is 2.25. The summed E-state index contributed by atoms with van der Waals surface area (Å²) in [6.07, 6.45) is 5.01. The Morgan fingerprint density at radius 1 is 1.25 bits per heavy atom. The Morgan fingerprint density at radius 3 is 2.75 bits per heavy atom. The van der Waals surface area contributed by atoms with Gasteiger partial charge in [0.2, 0.25) is 0 Å². The molecule has 0 radical (unpaired) electrons. The van der Waals surface area contributed by atoms with Gasteiger partial charge in [0.15, 0.2) is 0 Å². The molecule has 0 fully saturated rings.